The topological polar surface area (TPSA) is 89.6 Å². The predicted molar refractivity (Wildman–Crippen MR) is 102 cm³/mol. The summed E-state index contributed by atoms with van der Waals surface area (Å²) in [5.74, 6) is 0.545. The van der Waals surface area contributed by atoms with Gasteiger partial charge in [0.1, 0.15) is 10.6 Å². The molecule has 1 aromatic heterocycles. The van der Waals surface area contributed by atoms with E-state index in [0.717, 1.165) is 24.3 Å². The van der Waals surface area contributed by atoms with Crippen molar-refractivity contribution in [3.63, 3.8) is 0 Å². The average Bonchev–Trinajstić information content (AvgIpc) is 3.01. The third kappa shape index (κ3) is 5.86. The van der Waals surface area contributed by atoms with Crippen molar-refractivity contribution in [1.29, 1.82) is 0 Å². The minimum Gasteiger partial charge on any atom is -0.494 e. The van der Waals surface area contributed by atoms with Crippen LogP contribution in [0.15, 0.2) is 29.4 Å². The summed E-state index contributed by atoms with van der Waals surface area (Å²) in [6.07, 6.45) is 5.66. The largest absolute Gasteiger partial charge is 0.494 e. The lowest BCUT2D eigenvalue weighted by Crippen LogP contribution is -2.17. The third-order valence-electron chi connectivity index (χ3n) is 3.53. The van der Waals surface area contributed by atoms with E-state index in [1.54, 1.807) is 6.21 Å². The van der Waals surface area contributed by atoms with Gasteiger partial charge in [0, 0.05) is 0 Å². The van der Waals surface area contributed by atoms with Crippen LogP contribution in [-0.4, -0.2) is 23.7 Å². The monoisotopic (exact) mass is 360 g/mol. The Morgan fingerprint density at radius 1 is 1.32 bits per heavy atom. The highest BCUT2D eigenvalue weighted by molar-refractivity contribution is 7.17. The number of hydrogen-bond donors (Lipinski definition) is 2. The maximum Gasteiger partial charge on any atom is 0.283 e. The number of aryl methyl sites for hydroxylation is 1. The van der Waals surface area contributed by atoms with E-state index in [0.29, 0.717) is 22.1 Å². The lowest BCUT2D eigenvalue weighted by Gasteiger charge is -2.05. The van der Waals surface area contributed by atoms with Gasteiger partial charge >= 0.3 is 0 Å². The van der Waals surface area contributed by atoms with Gasteiger partial charge in [0.25, 0.3) is 5.91 Å². The minimum atomic E-state index is -0.293. The Labute approximate surface area is 152 Å². The molecule has 0 fully saturated rings. The van der Waals surface area contributed by atoms with Crippen LogP contribution in [0.1, 0.15) is 54.0 Å². The molecule has 0 bridgehead atoms. The molecule has 1 heterocycles. The zero-order valence-corrected chi connectivity index (χ0v) is 15.4. The summed E-state index contributed by atoms with van der Waals surface area (Å²) >= 11 is 1.17. The van der Waals surface area contributed by atoms with Gasteiger partial charge in [-0.25, -0.2) is 10.4 Å². The van der Waals surface area contributed by atoms with Crippen molar-refractivity contribution in [1.82, 2.24) is 10.4 Å². The number of hydrogen-bond acceptors (Lipinski definition) is 6. The Morgan fingerprint density at radius 2 is 2.08 bits per heavy atom. The third-order valence-corrected chi connectivity index (χ3v) is 4.46. The van der Waals surface area contributed by atoms with Gasteiger partial charge in [-0.3, -0.25) is 4.79 Å². The van der Waals surface area contributed by atoms with Crippen LogP contribution in [0.4, 0.5) is 5.13 Å². The van der Waals surface area contributed by atoms with Crippen LogP contribution in [0.3, 0.4) is 0 Å². The van der Waals surface area contributed by atoms with Crippen molar-refractivity contribution >= 4 is 28.6 Å². The molecule has 0 aliphatic rings. The van der Waals surface area contributed by atoms with Crippen LogP contribution < -0.4 is 15.9 Å². The van der Waals surface area contributed by atoms with Crippen molar-refractivity contribution in [2.24, 2.45) is 5.10 Å². The van der Waals surface area contributed by atoms with Crippen molar-refractivity contribution in [3.05, 3.63) is 40.4 Å². The van der Waals surface area contributed by atoms with E-state index in [1.807, 2.05) is 31.2 Å². The summed E-state index contributed by atoms with van der Waals surface area (Å²) in [6, 6.07) is 7.59. The first-order valence-electron chi connectivity index (χ1n) is 8.45. The summed E-state index contributed by atoms with van der Waals surface area (Å²) in [4.78, 5) is 16.8. The normalized spacial score (nSPS) is 11.0. The second-order valence-electron chi connectivity index (χ2n) is 5.51. The van der Waals surface area contributed by atoms with Gasteiger partial charge < -0.3 is 10.5 Å². The Bertz CT molecular complexity index is 710. The van der Waals surface area contributed by atoms with E-state index in [2.05, 4.69) is 22.4 Å². The highest BCUT2D eigenvalue weighted by Gasteiger charge is 2.15. The van der Waals surface area contributed by atoms with E-state index < -0.39 is 0 Å². The predicted octanol–water partition coefficient (Wildman–Crippen LogP) is 3.62. The minimum absolute atomic E-state index is 0.293. The van der Waals surface area contributed by atoms with Gasteiger partial charge in [-0.1, -0.05) is 38.0 Å². The first kappa shape index (κ1) is 18.9. The molecule has 1 amide bonds. The second-order valence-corrected chi connectivity index (χ2v) is 6.54. The molecule has 134 valence electrons. The number of aromatic nitrogens is 1. The maximum atomic E-state index is 12.1. The summed E-state index contributed by atoms with van der Waals surface area (Å²) in [5, 5.41) is 4.38. The molecular weight excluding hydrogens is 336 g/mol. The van der Waals surface area contributed by atoms with Crippen LogP contribution in [-0.2, 0) is 6.42 Å². The number of nitrogens with one attached hydrogen (secondary N) is 1. The summed E-state index contributed by atoms with van der Waals surface area (Å²) in [5.41, 5.74) is 9.74. The number of carbonyl (C=O) groups is 1. The summed E-state index contributed by atoms with van der Waals surface area (Å²) < 4.78 is 5.66. The first-order valence-corrected chi connectivity index (χ1v) is 9.27. The van der Waals surface area contributed by atoms with Gasteiger partial charge in [0.05, 0.1) is 18.5 Å². The zero-order chi connectivity index (χ0) is 18.1. The number of unbranched alkanes of at least 4 members (excludes halogenated alkanes) is 2. The number of nitrogens with zero attached hydrogens (tertiary/aromatic N) is 2. The van der Waals surface area contributed by atoms with Crippen LogP contribution in [0.2, 0.25) is 0 Å². The summed E-state index contributed by atoms with van der Waals surface area (Å²) in [6.45, 7) is 4.83. The molecule has 2 aromatic rings. The number of hydrazone groups is 1. The standard InChI is InChI=1S/C18H24N4O2S/c1-3-5-6-11-24-14-9-7-13(8-10-14)12-20-22-17(23)16-15(4-2)21-18(19)25-16/h7-10,12H,3-6,11H2,1-2H3,(H2,19,21)(H,22,23). The number of thiazole rings is 1. The lowest BCUT2D eigenvalue weighted by molar-refractivity contribution is 0.0958. The number of nitrogen functional groups attached to an aromatic ring is 1. The van der Waals surface area contributed by atoms with E-state index in [-0.39, 0.29) is 5.91 Å². The average molecular weight is 360 g/mol. The molecule has 0 unspecified atom stereocenters. The molecular formula is C18H24N4O2S. The molecule has 0 atom stereocenters. The fraction of sp³-hybridized carbons (Fsp3) is 0.389. The van der Waals surface area contributed by atoms with Gasteiger partial charge in [0.15, 0.2) is 5.13 Å². The molecule has 0 aliphatic carbocycles. The Morgan fingerprint density at radius 3 is 2.76 bits per heavy atom. The van der Waals surface area contributed by atoms with Crippen LogP contribution in [0, 0.1) is 0 Å². The Balaban J connectivity index is 1.86. The van der Waals surface area contributed by atoms with Gasteiger partial charge in [-0.2, -0.15) is 5.10 Å². The van der Waals surface area contributed by atoms with Crippen LogP contribution in [0.5, 0.6) is 5.75 Å². The number of rotatable bonds is 9. The number of ether oxygens (including phenoxy) is 1. The van der Waals surface area contributed by atoms with Crippen molar-refractivity contribution in [2.45, 2.75) is 39.5 Å². The number of nitrogens with two attached hydrogens (primary N) is 1. The molecule has 3 N–H and O–H groups in total. The van der Waals surface area contributed by atoms with Crippen molar-refractivity contribution < 1.29 is 9.53 Å². The van der Waals surface area contributed by atoms with Gasteiger partial charge in [-0.15, -0.1) is 0 Å². The SMILES string of the molecule is CCCCCOc1ccc(C=NNC(=O)c2sc(N)nc2CC)cc1. The number of anilines is 1. The molecule has 0 saturated heterocycles. The van der Waals surface area contributed by atoms with E-state index in [4.69, 9.17) is 10.5 Å². The second kappa shape index (κ2) is 9.78. The molecule has 0 saturated carbocycles. The van der Waals surface area contributed by atoms with Crippen LogP contribution in [0.25, 0.3) is 0 Å². The molecule has 7 heteroatoms. The van der Waals surface area contributed by atoms with Crippen molar-refractivity contribution in [3.8, 4) is 5.75 Å². The number of carbonyl (C=O) groups excluding carboxylic acids is 1. The molecule has 0 radical (unpaired) electrons. The number of benzene rings is 1. The smallest absolute Gasteiger partial charge is 0.283 e. The Hall–Kier alpha value is -2.41. The van der Waals surface area contributed by atoms with Crippen molar-refractivity contribution in [2.75, 3.05) is 12.3 Å². The molecule has 0 aliphatic heterocycles. The Kier molecular flexibility index (Phi) is 7.40. The summed E-state index contributed by atoms with van der Waals surface area (Å²) in [7, 11) is 0. The highest BCUT2D eigenvalue weighted by atomic mass is 32.1. The zero-order valence-electron chi connectivity index (χ0n) is 14.6. The van der Waals surface area contributed by atoms with Gasteiger partial charge in [0.2, 0.25) is 0 Å². The van der Waals surface area contributed by atoms with E-state index >= 15 is 0 Å². The highest BCUT2D eigenvalue weighted by Crippen LogP contribution is 2.20. The molecule has 1 aromatic carbocycles. The fourth-order valence-electron chi connectivity index (χ4n) is 2.20. The van der Waals surface area contributed by atoms with Gasteiger partial charge in [-0.05, 0) is 42.7 Å². The van der Waals surface area contributed by atoms with Crippen LogP contribution >= 0.6 is 11.3 Å². The quantitative estimate of drug-likeness (QED) is 0.406. The fourth-order valence-corrected chi connectivity index (χ4v) is 3.01. The lowest BCUT2D eigenvalue weighted by atomic mass is 10.2. The maximum absolute atomic E-state index is 12.1. The van der Waals surface area contributed by atoms with E-state index in [1.165, 1.54) is 24.2 Å². The molecule has 6 nitrogen and oxygen atoms in total. The first-order chi connectivity index (χ1) is 12.1. The number of amides is 1. The molecule has 2 rings (SSSR count). The van der Waals surface area contributed by atoms with E-state index in [9.17, 15) is 4.79 Å². The molecule has 0 spiro atoms. The molecule has 25 heavy (non-hydrogen) atoms.